The van der Waals surface area contributed by atoms with Crippen LogP contribution in [0.15, 0.2) is 48.5 Å². The third kappa shape index (κ3) is 1.68. The second-order valence-electron chi connectivity index (χ2n) is 9.55. The Hall–Kier alpha value is -2.42. The van der Waals surface area contributed by atoms with Crippen LogP contribution in [0.4, 0.5) is 0 Å². The Labute approximate surface area is 164 Å². The minimum absolute atomic E-state index is 0.0300. The van der Waals surface area contributed by atoms with E-state index >= 15 is 0 Å². The van der Waals surface area contributed by atoms with Crippen molar-refractivity contribution in [3.63, 3.8) is 0 Å². The number of hydrogen-bond acceptors (Lipinski definition) is 2. The first kappa shape index (κ1) is 15.5. The lowest BCUT2D eigenvalue weighted by Crippen LogP contribution is -2.43. The van der Waals surface area contributed by atoms with Gasteiger partial charge in [-0.1, -0.05) is 55.0 Å². The largest absolute Gasteiger partial charge is 0.279 e. The van der Waals surface area contributed by atoms with E-state index in [-0.39, 0.29) is 41.5 Å². The molecule has 8 rings (SSSR count). The average molecular weight is 369 g/mol. The summed E-state index contributed by atoms with van der Waals surface area (Å²) in [7, 11) is 0. The van der Waals surface area contributed by atoms with Gasteiger partial charge in [-0.3, -0.25) is 14.5 Å². The van der Waals surface area contributed by atoms with Crippen LogP contribution in [0.3, 0.4) is 0 Å². The molecule has 2 aromatic carbocycles. The van der Waals surface area contributed by atoms with Crippen LogP contribution in [0.2, 0.25) is 0 Å². The summed E-state index contributed by atoms with van der Waals surface area (Å²) in [6.07, 6.45) is 4.72. The van der Waals surface area contributed by atoms with Gasteiger partial charge in [-0.2, -0.15) is 0 Å². The van der Waals surface area contributed by atoms with Crippen molar-refractivity contribution in [2.75, 3.05) is 0 Å². The van der Waals surface area contributed by atoms with E-state index in [1.54, 1.807) is 4.90 Å². The van der Waals surface area contributed by atoms with Gasteiger partial charge >= 0.3 is 0 Å². The molecular weight excluding hydrogens is 346 g/mol. The highest BCUT2D eigenvalue weighted by Gasteiger charge is 2.63. The molecule has 2 aromatic rings. The molecule has 140 valence electrons. The van der Waals surface area contributed by atoms with Gasteiger partial charge in [0.25, 0.3) is 0 Å². The molecule has 6 aliphatic rings. The van der Waals surface area contributed by atoms with Crippen LogP contribution in [0.5, 0.6) is 0 Å². The summed E-state index contributed by atoms with van der Waals surface area (Å²) >= 11 is 0. The molecule has 1 heterocycles. The van der Waals surface area contributed by atoms with E-state index in [4.69, 9.17) is 0 Å². The first-order chi connectivity index (χ1) is 13.7. The van der Waals surface area contributed by atoms with E-state index in [2.05, 4.69) is 48.5 Å². The molecule has 4 bridgehead atoms. The molecule has 2 amide bonds. The lowest BCUT2D eigenvalue weighted by Gasteiger charge is -2.45. The van der Waals surface area contributed by atoms with E-state index in [0.29, 0.717) is 5.92 Å². The predicted molar refractivity (Wildman–Crippen MR) is 105 cm³/mol. The number of fused-ring (bicyclic) bond motifs is 2. The van der Waals surface area contributed by atoms with Gasteiger partial charge in [0.05, 0.1) is 11.8 Å². The van der Waals surface area contributed by atoms with E-state index in [1.807, 2.05) is 0 Å². The van der Waals surface area contributed by atoms with Gasteiger partial charge in [-0.05, 0) is 53.4 Å². The van der Waals surface area contributed by atoms with Gasteiger partial charge < -0.3 is 0 Å². The molecule has 5 aliphatic carbocycles. The van der Waals surface area contributed by atoms with Crippen LogP contribution < -0.4 is 0 Å². The van der Waals surface area contributed by atoms with E-state index < -0.39 is 0 Å². The van der Waals surface area contributed by atoms with Crippen molar-refractivity contribution in [2.45, 2.75) is 43.6 Å². The van der Waals surface area contributed by atoms with Gasteiger partial charge in [0.2, 0.25) is 11.8 Å². The van der Waals surface area contributed by atoms with Crippen molar-refractivity contribution in [2.24, 2.45) is 23.7 Å². The number of carbonyl (C=O) groups is 2. The van der Waals surface area contributed by atoms with Crippen LogP contribution >= 0.6 is 0 Å². The smallest absolute Gasteiger partial charge is 0.234 e. The highest BCUT2D eigenvalue weighted by Crippen LogP contribution is 2.62. The second-order valence-corrected chi connectivity index (χ2v) is 9.55. The zero-order chi connectivity index (χ0) is 18.6. The molecule has 3 heteroatoms. The minimum atomic E-state index is -0.207. The zero-order valence-corrected chi connectivity index (χ0v) is 15.8. The zero-order valence-electron chi connectivity index (χ0n) is 15.8. The fourth-order valence-corrected chi connectivity index (χ4v) is 7.55. The second kappa shape index (κ2) is 5.14. The van der Waals surface area contributed by atoms with Gasteiger partial charge in [-0.25, -0.2) is 0 Å². The molecular formula is C25H23NO2. The van der Waals surface area contributed by atoms with Gasteiger partial charge in [0.1, 0.15) is 0 Å². The van der Waals surface area contributed by atoms with Crippen molar-refractivity contribution in [3.8, 4) is 0 Å². The fraction of sp³-hybridized carbons (Fsp3) is 0.440. The Morgan fingerprint density at radius 3 is 1.57 bits per heavy atom. The molecule has 0 unspecified atom stereocenters. The van der Waals surface area contributed by atoms with E-state index in [9.17, 15) is 9.59 Å². The molecule has 2 saturated carbocycles. The molecule has 1 aliphatic heterocycles. The topological polar surface area (TPSA) is 37.4 Å². The quantitative estimate of drug-likeness (QED) is 0.711. The molecule has 1 saturated heterocycles. The molecule has 0 aromatic heterocycles. The number of benzene rings is 2. The summed E-state index contributed by atoms with van der Waals surface area (Å²) in [4.78, 5) is 29.2. The van der Waals surface area contributed by atoms with Crippen LogP contribution in [0.1, 0.15) is 59.8 Å². The Morgan fingerprint density at radius 1 is 0.679 bits per heavy atom. The lowest BCUT2D eigenvalue weighted by atomic mass is 9.55. The van der Waals surface area contributed by atoms with Crippen molar-refractivity contribution in [1.82, 2.24) is 4.90 Å². The number of carbonyl (C=O) groups excluding carboxylic acids is 2. The Bertz CT molecular complexity index is 927. The third-order valence-corrected chi connectivity index (χ3v) is 8.51. The number of imide groups is 1. The summed E-state index contributed by atoms with van der Waals surface area (Å²) in [6.45, 7) is 0. The van der Waals surface area contributed by atoms with Crippen molar-refractivity contribution >= 4 is 11.8 Å². The van der Waals surface area contributed by atoms with Crippen LogP contribution in [-0.4, -0.2) is 22.8 Å². The number of rotatable bonds is 1. The maximum atomic E-state index is 13.7. The highest BCUT2D eigenvalue weighted by atomic mass is 16.2. The monoisotopic (exact) mass is 369 g/mol. The first-order valence-electron chi connectivity index (χ1n) is 10.8. The maximum absolute atomic E-state index is 13.7. The summed E-state index contributed by atoms with van der Waals surface area (Å²) in [5.74, 6) is 1.15. The fourth-order valence-electron chi connectivity index (χ4n) is 7.55. The molecule has 28 heavy (non-hydrogen) atoms. The van der Waals surface area contributed by atoms with Crippen molar-refractivity contribution in [3.05, 3.63) is 70.8 Å². The SMILES string of the molecule is O=C1[C@@H]2C3c4ccccc4C(c4ccccc43)[C@H]2C(=O)N1[C@@H]1C[C@@H]2CC[C@@H]1C2. The summed E-state index contributed by atoms with van der Waals surface area (Å²) in [6, 6.07) is 17.2. The first-order valence-corrected chi connectivity index (χ1v) is 10.8. The third-order valence-electron chi connectivity index (χ3n) is 8.51. The number of nitrogens with zero attached hydrogens (tertiary/aromatic N) is 1. The molecule has 0 N–H and O–H groups in total. The van der Waals surface area contributed by atoms with Gasteiger partial charge in [0, 0.05) is 17.9 Å². The normalized spacial score (nSPS) is 39.3. The summed E-state index contributed by atoms with van der Waals surface area (Å²) in [5, 5.41) is 0. The molecule has 3 fully saturated rings. The highest BCUT2D eigenvalue weighted by molar-refractivity contribution is 6.08. The Kier molecular flexibility index (Phi) is 2.84. The molecule has 0 spiro atoms. The van der Waals surface area contributed by atoms with Gasteiger partial charge in [-0.15, -0.1) is 0 Å². The minimum Gasteiger partial charge on any atom is -0.279 e. The Balaban J connectivity index is 1.40. The average Bonchev–Trinajstić information content (AvgIpc) is 3.42. The van der Waals surface area contributed by atoms with E-state index in [1.165, 1.54) is 41.5 Å². The standard InChI is InChI=1S/C25H23NO2/c27-24-22-20-15-5-1-2-6-16(15)21(18-8-4-3-7-17(18)20)23(22)25(28)26(24)19-12-13-9-10-14(19)11-13/h1-8,13-14,19-23H,9-12H2/t13-,14-,19-,20?,21?,22-,23-/m1/s1. The van der Waals surface area contributed by atoms with Crippen LogP contribution in [-0.2, 0) is 9.59 Å². The maximum Gasteiger partial charge on any atom is 0.234 e. The lowest BCUT2D eigenvalue weighted by molar-refractivity contribution is -0.144. The van der Waals surface area contributed by atoms with Crippen LogP contribution in [0.25, 0.3) is 0 Å². The van der Waals surface area contributed by atoms with Crippen molar-refractivity contribution in [1.29, 1.82) is 0 Å². The van der Waals surface area contributed by atoms with E-state index in [0.717, 1.165) is 12.3 Å². The number of hydrogen-bond donors (Lipinski definition) is 0. The predicted octanol–water partition coefficient (Wildman–Crippen LogP) is 4.07. The van der Waals surface area contributed by atoms with Crippen molar-refractivity contribution < 1.29 is 9.59 Å². The number of amides is 2. The van der Waals surface area contributed by atoms with Crippen LogP contribution in [0, 0.1) is 23.7 Å². The number of likely N-dealkylation sites (tertiary alicyclic amines) is 1. The summed E-state index contributed by atoms with van der Waals surface area (Å²) in [5.41, 5.74) is 5.07. The summed E-state index contributed by atoms with van der Waals surface area (Å²) < 4.78 is 0. The Morgan fingerprint density at radius 2 is 1.18 bits per heavy atom. The molecule has 3 nitrogen and oxygen atoms in total. The molecule has 5 atom stereocenters. The van der Waals surface area contributed by atoms with Gasteiger partial charge in [0.15, 0.2) is 0 Å². The molecule has 0 radical (unpaired) electrons.